The van der Waals surface area contributed by atoms with Crippen LogP contribution in [0, 0.1) is 0 Å². The van der Waals surface area contributed by atoms with Crippen molar-refractivity contribution in [3.63, 3.8) is 0 Å². The lowest BCUT2D eigenvalue weighted by Gasteiger charge is -2.15. The fourth-order valence-electron chi connectivity index (χ4n) is 1.68. The number of nitrogens with two attached hydrogens (primary N) is 1. The SMILES string of the molecule is NCC(Nc1ccc2c(c1)OCCCO2)C(=O)O. The zero-order chi connectivity index (χ0) is 13.0. The molecule has 0 saturated carbocycles. The molecule has 1 unspecified atom stereocenters. The highest BCUT2D eigenvalue weighted by Gasteiger charge is 2.16. The molecule has 6 nitrogen and oxygen atoms in total. The standard InChI is InChI=1S/C12H16N2O4/c13-7-9(12(15)16)14-8-2-3-10-11(6-8)18-5-1-4-17-10/h2-3,6,9,14H,1,4-5,7,13H2,(H,15,16). The highest BCUT2D eigenvalue weighted by atomic mass is 16.5. The Morgan fingerprint density at radius 1 is 1.39 bits per heavy atom. The summed E-state index contributed by atoms with van der Waals surface area (Å²) in [5, 5.41) is 11.8. The predicted molar refractivity (Wildman–Crippen MR) is 66.1 cm³/mol. The Balaban J connectivity index is 2.15. The van der Waals surface area contributed by atoms with Crippen LogP contribution in [0.4, 0.5) is 5.69 Å². The van der Waals surface area contributed by atoms with E-state index in [-0.39, 0.29) is 6.54 Å². The summed E-state index contributed by atoms with van der Waals surface area (Å²) in [4.78, 5) is 10.9. The number of hydrogen-bond donors (Lipinski definition) is 3. The van der Waals surface area contributed by atoms with Crippen LogP contribution in [0.25, 0.3) is 0 Å². The third-order valence-electron chi connectivity index (χ3n) is 2.62. The maximum absolute atomic E-state index is 10.9. The van der Waals surface area contributed by atoms with Crippen LogP contribution in [0.2, 0.25) is 0 Å². The third kappa shape index (κ3) is 2.84. The van der Waals surface area contributed by atoms with Gasteiger partial charge in [0.05, 0.1) is 13.2 Å². The van der Waals surface area contributed by atoms with Crippen molar-refractivity contribution < 1.29 is 19.4 Å². The number of carboxylic acids is 1. The first kappa shape index (κ1) is 12.5. The number of carbonyl (C=O) groups is 1. The van der Waals surface area contributed by atoms with Crippen molar-refractivity contribution in [2.45, 2.75) is 12.5 Å². The predicted octanol–water partition coefficient (Wildman–Crippen LogP) is 0.672. The summed E-state index contributed by atoms with van der Waals surface area (Å²) in [6.07, 6.45) is 0.831. The second-order valence-electron chi connectivity index (χ2n) is 3.98. The number of nitrogens with one attached hydrogen (secondary N) is 1. The second-order valence-corrected chi connectivity index (χ2v) is 3.98. The quantitative estimate of drug-likeness (QED) is 0.729. The molecule has 6 heteroatoms. The normalized spacial score (nSPS) is 15.6. The number of rotatable bonds is 4. The lowest BCUT2D eigenvalue weighted by molar-refractivity contribution is -0.137. The fourth-order valence-corrected chi connectivity index (χ4v) is 1.68. The summed E-state index contributed by atoms with van der Waals surface area (Å²) in [6, 6.07) is 4.43. The minimum absolute atomic E-state index is 0.0176. The van der Waals surface area contributed by atoms with Gasteiger partial charge in [-0.2, -0.15) is 0 Å². The number of anilines is 1. The van der Waals surface area contributed by atoms with E-state index >= 15 is 0 Å². The smallest absolute Gasteiger partial charge is 0.327 e. The lowest BCUT2D eigenvalue weighted by Crippen LogP contribution is -2.36. The fraction of sp³-hybridized carbons (Fsp3) is 0.417. The van der Waals surface area contributed by atoms with Gasteiger partial charge in [-0.3, -0.25) is 0 Å². The molecule has 0 aliphatic carbocycles. The molecular weight excluding hydrogens is 236 g/mol. The van der Waals surface area contributed by atoms with E-state index in [1.54, 1.807) is 18.2 Å². The summed E-state index contributed by atoms with van der Waals surface area (Å²) in [5.74, 6) is 0.320. The molecule has 1 aliphatic rings. The zero-order valence-corrected chi connectivity index (χ0v) is 9.89. The first-order chi connectivity index (χ1) is 8.70. The number of carboxylic acid groups (broad SMARTS) is 1. The van der Waals surface area contributed by atoms with E-state index in [9.17, 15) is 4.79 Å². The maximum Gasteiger partial charge on any atom is 0.327 e. The summed E-state index contributed by atoms with van der Waals surface area (Å²) < 4.78 is 11.0. The molecule has 0 fully saturated rings. The van der Waals surface area contributed by atoms with Crippen LogP contribution in [0.1, 0.15) is 6.42 Å². The summed E-state index contributed by atoms with van der Waals surface area (Å²) in [6.45, 7) is 1.24. The van der Waals surface area contributed by atoms with Crippen molar-refractivity contribution in [2.75, 3.05) is 25.1 Å². The number of ether oxygens (including phenoxy) is 2. The molecular formula is C12H16N2O4. The summed E-state index contributed by atoms with van der Waals surface area (Å²) >= 11 is 0. The summed E-state index contributed by atoms with van der Waals surface area (Å²) in [7, 11) is 0. The monoisotopic (exact) mass is 252 g/mol. The van der Waals surface area contributed by atoms with Crippen molar-refractivity contribution in [1.29, 1.82) is 0 Å². The van der Waals surface area contributed by atoms with Crippen LogP contribution >= 0.6 is 0 Å². The molecule has 0 saturated heterocycles. The molecule has 98 valence electrons. The Hall–Kier alpha value is -1.95. The highest BCUT2D eigenvalue weighted by Crippen LogP contribution is 2.32. The maximum atomic E-state index is 10.9. The molecule has 0 amide bonds. The molecule has 1 atom stereocenters. The van der Waals surface area contributed by atoms with Gasteiger partial charge in [0.1, 0.15) is 6.04 Å². The van der Waals surface area contributed by atoms with Gasteiger partial charge in [-0.1, -0.05) is 0 Å². The average molecular weight is 252 g/mol. The van der Waals surface area contributed by atoms with E-state index in [1.165, 1.54) is 0 Å². The van der Waals surface area contributed by atoms with Gasteiger partial charge < -0.3 is 25.6 Å². The van der Waals surface area contributed by atoms with E-state index < -0.39 is 12.0 Å². The minimum Gasteiger partial charge on any atom is -0.490 e. The van der Waals surface area contributed by atoms with Crippen LogP contribution in [-0.4, -0.2) is 36.9 Å². The van der Waals surface area contributed by atoms with Crippen molar-refractivity contribution in [3.05, 3.63) is 18.2 Å². The molecule has 1 aromatic rings. The van der Waals surface area contributed by atoms with Crippen molar-refractivity contribution in [2.24, 2.45) is 5.73 Å². The van der Waals surface area contributed by atoms with E-state index in [0.717, 1.165) is 6.42 Å². The number of fused-ring (bicyclic) bond motifs is 1. The van der Waals surface area contributed by atoms with Crippen molar-refractivity contribution >= 4 is 11.7 Å². The molecule has 1 aromatic carbocycles. The molecule has 0 radical (unpaired) electrons. The molecule has 0 aromatic heterocycles. The molecule has 1 aliphatic heterocycles. The minimum atomic E-state index is -0.982. The van der Waals surface area contributed by atoms with Gasteiger partial charge in [0.2, 0.25) is 0 Å². The first-order valence-corrected chi connectivity index (χ1v) is 5.80. The van der Waals surface area contributed by atoms with Gasteiger partial charge in [-0.15, -0.1) is 0 Å². The number of benzene rings is 1. The molecule has 1 heterocycles. The molecule has 0 bridgehead atoms. The van der Waals surface area contributed by atoms with Gasteiger partial charge in [-0.05, 0) is 12.1 Å². The van der Waals surface area contributed by atoms with Gasteiger partial charge in [0.25, 0.3) is 0 Å². The number of hydrogen-bond acceptors (Lipinski definition) is 5. The Morgan fingerprint density at radius 3 is 2.78 bits per heavy atom. The Morgan fingerprint density at radius 2 is 2.11 bits per heavy atom. The van der Waals surface area contributed by atoms with Crippen LogP contribution < -0.4 is 20.5 Å². The lowest BCUT2D eigenvalue weighted by atomic mass is 10.2. The summed E-state index contributed by atoms with van der Waals surface area (Å²) in [5.41, 5.74) is 6.04. The Labute approximate surface area is 105 Å². The van der Waals surface area contributed by atoms with Crippen LogP contribution in [0.15, 0.2) is 18.2 Å². The van der Waals surface area contributed by atoms with Gasteiger partial charge in [0, 0.05) is 24.7 Å². The third-order valence-corrected chi connectivity index (χ3v) is 2.62. The van der Waals surface area contributed by atoms with Crippen LogP contribution in [0.5, 0.6) is 11.5 Å². The number of aliphatic carboxylic acids is 1. The van der Waals surface area contributed by atoms with Gasteiger partial charge in [-0.25, -0.2) is 4.79 Å². The van der Waals surface area contributed by atoms with Gasteiger partial charge in [0.15, 0.2) is 11.5 Å². The van der Waals surface area contributed by atoms with Crippen LogP contribution in [0.3, 0.4) is 0 Å². The Kier molecular flexibility index (Phi) is 3.88. The molecule has 0 spiro atoms. The van der Waals surface area contributed by atoms with E-state index in [0.29, 0.717) is 30.4 Å². The molecule has 18 heavy (non-hydrogen) atoms. The van der Waals surface area contributed by atoms with E-state index in [4.69, 9.17) is 20.3 Å². The van der Waals surface area contributed by atoms with E-state index in [2.05, 4.69) is 5.32 Å². The molecule has 2 rings (SSSR count). The average Bonchev–Trinajstić information content (AvgIpc) is 2.60. The zero-order valence-electron chi connectivity index (χ0n) is 9.89. The largest absolute Gasteiger partial charge is 0.490 e. The second kappa shape index (κ2) is 5.59. The highest BCUT2D eigenvalue weighted by molar-refractivity contribution is 5.77. The molecule has 4 N–H and O–H groups in total. The van der Waals surface area contributed by atoms with Crippen LogP contribution in [-0.2, 0) is 4.79 Å². The Bertz CT molecular complexity index is 436. The first-order valence-electron chi connectivity index (χ1n) is 5.80. The van der Waals surface area contributed by atoms with Gasteiger partial charge >= 0.3 is 5.97 Å². The van der Waals surface area contributed by atoms with Crippen molar-refractivity contribution in [1.82, 2.24) is 0 Å². The van der Waals surface area contributed by atoms with Crippen molar-refractivity contribution in [3.8, 4) is 11.5 Å². The van der Waals surface area contributed by atoms with E-state index in [1.807, 2.05) is 0 Å². The topological polar surface area (TPSA) is 93.8 Å².